The number of nitro groups is 1. The first kappa shape index (κ1) is 11.8. The van der Waals surface area contributed by atoms with Crippen molar-refractivity contribution in [2.75, 3.05) is 0 Å². The van der Waals surface area contributed by atoms with Gasteiger partial charge in [-0.2, -0.15) is 0 Å². The number of imidazole rings is 1. The molecule has 0 saturated heterocycles. The molecule has 0 spiro atoms. The van der Waals surface area contributed by atoms with Crippen LogP contribution < -0.4 is 11.1 Å². The number of H-pyrrole nitrogens is 2. The quantitative estimate of drug-likeness (QED) is 0.373. The van der Waals surface area contributed by atoms with E-state index in [0.717, 1.165) is 0 Å². The zero-order valence-electron chi connectivity index (χ0n) is 9.73. The number of aromatic amines is 2. The average Bonchev–Trinajstić information content (AvgIpc) is 2.92. The van der Waals surface area contributed by atoms with Gasteiger partial charge in [0.15, 0.2) is 0 Å². The highest BCUT2D eigenvalue weighted by Gasteiger charge is 2.20. The second kappa shape index (κ2) is 4.12. The molecule has 0 bridgehead atoms. The fourth-order valence-electron chi connectivity index (χ4n) is 1.75. The van der Waals surface area contributed by atoms with Crippen LogP contribution in [-0.4, -0.2) is 29.4 Å². The molecule has 0 amide bonds. The van der Waals surface area contributed by atoms with Crippen LogP contribution in [0.25, 0.3) is 16.9 Å². The molecule has 0 radical (unpaired) electrons. The third-order valence-electron chi connectivity index (χ3n) is 2.62. The van der Waals surface area contributed by atoms with Gasteiger partial charge in [0.1, 0.15) is 11.2 Å². The van der Waals surface area contributed by atoms with Gasteiger partial charge in [0.2, 0.25) is 0 Å². The summed E-state index contributed by atoms with van der Waals surface area (Å²) < 4.78 is 1.38. The van der Waals surface area contributed by atoms with Crippen LogP contribution >= 0.6 is 0 Å². The van der Waals surface area contributed by atoms with E-state index in [2.05, 4.69) is 19.9 Å². The van der Waals surface area contributed by atoms with Gasteiger partial charge in [-0.1, -0.05) is 0 Å². The molecule has 0 aliphatic rings. The van der Waals surface area contributed by atoms with Crippen LogP contribution in [0.3, 0.4) is 0 Å². The first-order valence-corrected chi connectivity index (χ1v) is 5.36. The SMILES string of the molecule is O=c1[nH]c2cc(-n3ccnc3)c([N+](=O)[O-])nc2[nH]c1=O. The molecule has 0 aromatic carbocycles. The number of nitrogens with zero attached hydrogens (tertiary/aromatic N) is 4. The van der Waals surface area contributed by atoms with Crippen molar-refractivity contribution in [2.24, 2.45) is 0 Å². The Morgan fingerprint density at radius 3 is 2.65 bits per heavy atom. The summed E-state index contributed by atoms with van der Waals surface area (Å²) in [6.45, 7) is 0. The number of hydrogen-bond donors (Lipinski definition) is 2. The molecule has 0 aliphatic heterocycles. The van der Waals surface area contributed by atoms with Gasteiger partial charge < -0.3 is 15.1 Å². The lowest BCUT2D eigenvalue weighted by Crippen LogP contribution is -2.29. The molecule has 3 aromatic rings. The van der Waals surface area contributed by atoms with Crippen LogP contribution in [-0.2, 0) is 0 Å². The Kier molecular flexibility index (Phi) is 2.42. The van der Waals surface area contributed by atoms with E-state index < -0.39 is 21.9 Å². The molecule has 2 N–H and O–H groups in total. The number of pyridine rings is 1. The molecule has 3 rings (SSSR count). The summed E-state index contributed by atoms with van der Waals surface area (Å²) in [7, 11) is 0. The van der Waals surface area contributed by atoms with Gasteiger partial charge in [0, 0.05) is 18.5 Å². The molecule has 100 valence electrons. The minimum atomic E-state index is -0.922. The van der Waals surface area contributed by atoms with Crippen molar-refractivity contribution in [2.45, 2.75) is 0 Å². The van der Waals surface area contributed by atoms with E-state index in [1.807, 2.05) is 0 Å². The summed E-state index contributed by atoms with van der Waals surface area (Å²) in [6, 6.07) is 1.35. The summed E-state index contributed by atoms with van der Waals surface area (Å²) >= 11 is 0. The maximum absolute atomic E-state index is 11.3. The lowest BCUT2D eigenvalue weighted by atomic mass is 10.3. The standard InChI is InChI=1S/C10H6N6O4/c17-9-10(18)14-7-5(12-9)3-6(8(13-7)16(19)20)15-2-1-11-4-15/h1-4H,(H,12,17)(H,13,14,18). The van der Waals surface area contributed by atoms with Crippen LogP contribution in [0.15, 0.2) is 34.4 Å². The second-order valence-electron chi connectivity index (χ2n) is 3.86. The van der Waals surface area contributed by atoms with Gasteiger partial charge in [-0.25, -0.2) is 4.98 Å². The number of nitrogens with one attached hydrogen (secondary N) is 2. The van der Waals surface area contributed by atoms with E-state index in [0.29, 0.717) is 0 Å². The van der Waals surface area contributed by atoms with E-state index in [1.54, 1.807) is 0 Å². The lowest BCUT2D eigenvalue weighted by Gasteiger charge is -2.03. The average molecular weight is 274 g/mol. The summed E-state index contributed by atoms with van der Waals surface area (Å²) in [4.78, 5) is 44.9. The van der Waals surface area contributed by atoms with E-state index in [-0.39, 0.29) is 16.9 Å². The van der Waals surface area contributed by atoms with E-state index in [4.69, 9.17) is 0 Å². The summed E-state index contributed by atoms with van der Waals surface area (Å²) in [5.74, 6) is -0.460. The second-order valence-corrected chi connectivity index (χ2v) is 3.86. The number of hydrogen-bond acceptors (Lipinski definition) is 6. The molecule has 3 aromatic heterocycles. The molecule has 0 saturated carbocycles. The Labute approximate surface area is 108 Å². The van der Waals surface area contributed by atoms with Crippen LogP contribution in [0, 0.1) is 10.1 Å². The highest BCUT2D eigenvalue weighted by atomic mass is 16.6. The van der Waals surface area contributed by atoms with E-state index >= 15 is 0 Å². The van der Waals surface area contributed by atoms with Gasteiger partial charge in [-0.15, -0.1) is 0 Å². The van der Waals surface area contributed by atoms with Gasteiger partial charge in [-0.05, 0) is 9.91 Å². The zero-order chi connectivity index (χ0) is 14.3. The van der Waals surface area contributed by atoms with E-state index in [9.17, 15) is 19.7 Å². The topological polar surface area (TPSA) is 140 Å². The Morgan fingerprint density at radius 2 is 2.00 bits per heavy atom. The fraction of sp³-hybridized carbons (Fsp3) is 0. The fourth-order valence-corrected chi connectivity index (χ4v) is 1.75. The first-order chi connectivity index (χ1) is 9.56. The first-order valence-electron chi connectivity index (χ1n) is 5.36. The third-order valence-corrected chi connectivity index (χ3v) is 2.62. The van der Waals surface area contributed by atoms with Gasteiger partial charge in [0.25, 0.3) is 5.65 Å². The largest absolute Gasteiger partial charge is 0.390 e. The Bertz CT molecular complexity index is 923. The van der Waals surface area contributed by atoms with Crippen LogP contribution in [0.2, 0.25) is 0 Å². The molecular formula is C10H6N6O4. The molecule has 0 fully saturated rings. The summed E-state index contributed by atoms with van der Waals surface area (Å²) in [5.41, 5.74) is -1.53. The molecule has 3 heterocycles. The van der Waals surface area contributed by atoms with Crippen molar-refractivity contribution >= 4 is 17.0 Å². The maximum Gasteiger partial charge on any atom is 0.390 e. The smallest absolute Gasteiger partial charge is 0.358 e. The molecule has 10 nitrogen and oxygen atoms in total. The highest BCUT2D eigenvalue weighted by Crippen LogP contribution is 2.22. The van der Waals surface area contributed by atoms with Crippen molar-refractivity contribution in [1.82, 2.24) is 24.5 Å². The van der Waals surface area contributed by atoms with Crippen molar-refractivity contribution in [3.8, 4) is 5.69 Å². The minimum absolute atomic E-state index is 0.0647. The molecule has 0 atom stereocenters. The van der Waals surface area contributed by atoms with Crippen molar-refractivity contribution in [3.05, 3.63) is 55.6 Å². The van der Waals surface area contributed by atoms with Crippen molar-refractivity contribution in [3.63, 3.8) is 0 Å². The number of fused-ring (bicyclic) bond motifs is 1. The Balaban J connectivity index is 2.41. The van der Waals surface area contributed by atoms with Crippen molar-refractivity contribution in [1.29, 1.82) is 0 Å². The summed E-state index contributed by atoms with van der Waals surface area (Å²) in [6.07, 6.45) is 4.31. The molecular weight excluding hydrogens is 268 g/mol. The number of aromatic nitrogens is 5. The normalized spacial score (nSPS) is 10.8. The van der Waals surface area contributed by atoms with Gasteiger partial charge in [0.05, 0.1) is 6.33 Å². The minimum Gasteiger partial charge on any atom is -0.358 e. The molecule has 20 heavy (non-hydrogen) atoms. The lowest BCUT2D eigenvalue weighted by molar-refractivity contribution is -0.389. The molecule has 0 unspecified atom stereocenters. The van der Waals surface area contributed by atoms with Crippen LogP contribution in [0.4, 0.5) is 5.82 Å². The maximum atomic E-state index is 11.3. The van der Waals surface area contributed by atoms with Crippen LogP contribution in [0.1, 0.15) is 0 Å². The predicted octanol–water partition coefficient (Wildman–Crippen LogP) is -0.295. The summed E-state index contributed by atoms with van der Waals surface area (Å²) in [5, 5.41) is 11.1. The third kappa shape index (κ3) is 1.75. The zero-order valence-corrected chi connectivity index (χ0v) is 9.73. The van der Waals surface area contributed by atoms with E-state index in [1.165, 1.54) is 29.4 Å². The number of rotatable bonds is 2. The Hall–Kier alpha value is -3.30. The van der Waals surface area contributed by atoms with Crippen LogP contribution in [0.5, 0.6) is 0 Å². The molecule has 10 heteroatoms. The highest BCUT2D eigenvalue weighted by molar-refractivity contribution is 5.75. The van der Waals surface area contributed by atoms with Crippen molar-refractivity contribution < 1.29 is 4.92 Å². The van der Waals surface area contributed by atoms with Gasteiger partial charge in [-0.3, -0.25) is 19.1 Å². The molecule has 0 aliphatic carbocycles. The Morgan fingerprint density at radius 1 is 1.25 bits per heavy atom. The predicted molar refractivity (Wildman–Crippen MR) is 66.8 cm³/mol. The monoisotopic (exact) mass is 274 g/mol. The van der Waals surface area contributed by atoms with Gasteiger partial charge >= 0.3 is 16.9 Å².